The summed E-state index contributed by atoms with van der Waals surface area (Å²) < 4.78 is 27.1. The van der Waals surface area contributed by atoms with Crippen LogP contribution in [-0.2, 0) is 10.0 Å². The van der Waals surface area contributed by atoms with E-state index in [-0.39, 0.29) is 14.9 Å². The SMILES string of the molecule is C#CC(CCC)NS(=O)(=O)c1cc(C(=O)O)ccc1Br. The number of sulfonamides is 1. The molecule has 0 aliphatic rings. The zero-order valence-electron chi connectivity index (χ0n) is 10.8. The molecule has 0 spiro atoms. The van der Waals surface area contributed by atoms with Crippen LogP contribution < -0.4 is 4.72 Å². The maximum absolute atomic E-state index is 12.2. The maximum Gasteiger partial charge on any atom is 0.335 e. The highest BCUT2D eigenvalue weighted by atomic mass is 79.9. The van der Waals surface area contributed by atoms with Gasteiger partial charge in [0, 0.05) is 4.47 Å². The number of carboxylic acid groups (broad SMARTS) is 1. The van der Waals surface area contributed by atoms with Gasteiger partial charge in [-0.3, -0.25) is 0 Å². The van der Waals surface area contributed by atoms with E-state index in [1.807, 2.05) is 6.92 Å². The van der Waals surface area contributed by atoms with E-state index in [1.54, 1.807) is 0 Å². The van der Waals surface area contributed by atoms with E-state index in [4.69, 9.17) is 11.5 Å². The van der Waals surface area contributed by atoms with Crippen LogP contribution in [-0.4, -0.2) is 25.5 Å². The molecule has 1 rings (SSSR count). The van der Waals surface area contributed by atoms with E-state index < -0.39 is 22.0 Å². The molecule has 0 bridgehead atoms. The van der Waals surface area contributed by atoms with Crippen molar-refractivity contribution in [1.82, 2.24) is 4.72 Å². The predicted octanol–water partition coefficient (Wildman–Crippen LogP) is 2.23. The van der Waals surface area contributed by atoms with Gasteiger partial charge in [-0.25, -0.2) is 13.2 Å². The van der Waals surface area contributed by atoms with Crippen molar-refractivity contribution in [2.45, 2.75) is 30.7 Å². The number of rotatable bonds is 6. The molecule has 0 radical (unpaired) electrons. The molecule has 7 heteroatoms. The summed E-state index contributed by atoms with van der Waals surface area (Å²) in [6.45, 7) is 1.89. The summed E-state index contributed by atoms with van der Waals surface area (Å²) in [5.41, 5.74) is -0.110. The highest BCUT2D eigenvalue weighted by molar-refractivity contribution is 9.10. The topological polar surface area (TPSA) is 83.5 Å². The molecule has 0 aliphatic heterocycles. The molecule has 0 aliphatic carbocycles. The number of benzene rings is 1. The summed E-state index contributed by atoms with van der Waals surface area (Å²) >= 11 is 3.10. The van der Waals surface area contributed by atoms with Crippen molar-refractivity contribution in [1.29, 1.82) is 0 Å². The number of carbonyl (C=O) groups is 1. The molecule has 20 heavy (non-hydrogen) atoms. The number of hydrogen-bond acceptors (Lipinski definition) is 3. The van der Waals surface area contributed by atoms with Crippen molar-refractivity contribution in [2.24, 2.45) is 0 Å². The van der Waals surface area contributed by atoms with Crippen LogP contribution in [0.1, 0.15) is 30.1 Å². The third-order valence-corrected chi connectivity index (χ3v) is 5.01. The van der Waals surface area contributed by atoms with Gasteiger partial charge in [-0.05, 0) is 40.5 Å². The van der Waals surface area contributed by atoms with Crippen LogP contribution in [0.2, 0.25) is 0 Å². The first-order valence-corrected chi connectivity index (χ1v) is 8.10. The predicted molar refractivity (Wildman–Crippen MR) is 79.0 cm³/mol. The quantitative estimate of drug-likeness (QED) is 0.762. The molecule has 0 fully saturated rings. The molecule has 5 nitrogen and oxygen atoms in total. The molecule has 1 unspecified atom stereocenters. The largest absolute Gasteiger partial charge is 0.478 e. The van der Waals surface area contributed by atoms with Gasteiger partial charge in [0.2, 0.25) is 10.0 Å². The van der Waals surface area contributed by atoms with Gasteiger partial charge in [-0.2, -0.15) is 4.72 Å². The minimum absolute atomic E-state index is 0.110. The van der Waals surface area contributed by atoms with Gasteiger partial charge in [0.25, 0.3) is 0 Å². The molecule has 0 amide bonds. The summed E-state index contributed by atoms with van der Waals surface area (Å²) in [7, 11) is -3.88. The van der Waals surface area contributed by atoms with Gasteiger partial charge >= 0.3 is 5.97 Å². The van der Waals surface area contributed by atoms with E-state index in [0.29, 0.717) is 6.42 Å². The van der Waals surface area contributed by atoms with Crippen molar-refractivity contribution in [2.75, 3.05) is 0 Å². The van der Waals surface area contributed by atoms with Crippen molar-refractivity contribution < 1.29 is 18.3 Å². The van der Waals surface area contributed by atoms with Gasteiger partial charge in [-0.1, -0.05) is 19.3 Å². The number of carboxylic acids is 1. The lowest BCUT2D eigenvalue weighted by Gasteiger charge is -2.14. The van der Waals surface area contributed by atoms with Gasteiger partial charge in [0.1, 0.15) is 0 Å². The Kier molecular flexibility index (Phi) is 5.74. The second-order valence-corrected chi connectivity index (χ2v) is 6.62. The van der Waals surface area contributed by atoms with Gasteiger partial charge in [-0.15, -0.1) is 6.42 Å². The van der Waals surface area contributed by atoms with Gasteiger partial charge in [0.05, 0.1) is 16.5 Å². The molecule has 0 saturated heterocycles. The van der Waals surface area contributed by atoms with E-state index in [0.717, 1.165) is 12.5 Å². The lowest BCUT2D eigenvalue weighted by Crippen LogP contribution is -2.34. The first-order valence-electron chi connectivity index (χ1n) is 5.83. The zero-order chi connectivity index (χ0) is 15.3. The van der Waals surface area contributed by atoms with Crippen LogP contribution in [0.4, 0.5) is 0 Å². The van der Waals surface area contributed by atoms with Crippen molar-refractivity contribution in [3.63, 3.8) is 0 Å². The Hall–Kier alpha value is -1.36. The highest BCUT2D eigenvalue weighted by Gasteiger charge is 2.22. The second-order valence-electron chi connectivity index (χ2n) is 4.08. The normalized spacial score (nSPS) is 12.7. The first kappa shape index (κ1) is 16.7. The summed E-state index contributed by atoms with van der Waals surface area (Å²) in [6, 6.07) is 3.16. The average molecular weight is 360 g/mol. The molecule has 2 N–H and O–H groups in total. The molecular formula is C13H14BrNO4S. The lowest BCUT2D eigenvalue weighted by molar-refractivity contribution is 0.0696. The van der Waals surface area contributed by atoms with Crippen LogP contribution in [0.25, 0.3) is 0 Å². The van der Waals surface area contributed by atoms with E-state index >= 15 is 0 Å². The summed E-state index contributed by atoms with van der Waals surface area (Å²) in [4.78, 5) is 10.8. The van der Waals surface area contributed by atoms with E-state index in [9.17, 15) is 13.2 Å². The fourth-order valence-corrected chi connectivity index (χ4v) is 3.74. The average Bonchev–Trinajstić information content (AvgIpc) is 2.37. The monoisotopic (exact) mass is 359 g/mol. The minimum atomic E-state index is -3.88. The Morgan fingerprint density at radius 3 is 2.70 bits per heavy atom. The molecule has 0 aromatic heterocycles. The van der Waals surface area contributed by atoms with Crippen molar-refractivity contribution >= 4 is 31.9 Å². The number of halogens is 1. The highest BCUT2D eigenvalue weighted by Crippen LogP contribution is 2.23. The van der Waals surface area contributed by atoms with Crippen molar-refractivity contribution in [3.8, 4) is 12.3 Å². The Balaban J connectivity index is 3.18. The second kappa shape index (κ2) is 6.88. The Bertz CT molecular complexity index is 649. The zero-order valence-corrected chi connectivity index (χ0v) is 13.2. The number of aromatic carboxylic acids is 1. The molecule has 108 valence electrons. The third kappa shape index (κ3) is 4.07. The maximum atomic E-state index is 12.2. The summed E-state index contributed by atoms with van der Waals surface area (Å²) in [6.07, 6.45) is 6.51. The fraction of sp³-hybridized carbons (Fsp3) is 0.308. The number of nitrogens with one attached hydrogen (secondary N) is 1. The lowest BCUT2D eigenvalue weighted by atomic mass is 10.2. The molecule has 1 atom stereocenters. The summed E-state index contributed by atoms with van der Waals surface area (Å²) in [5, 5.41) is 8.92. The third-order valence-electron chi connectivity index (χ3n) is 2.54. The van der Waals surface area contributed by atoms with Crippen LogP contribution in [0.3, 0.4) is 0 Å². The molecule has 1 aromatic carbocycles. The van der Waals surface area contributed by atoms with E-state index in [2.05, 4.69) is 26.6 Å². The smallest absolute Gasteiger partial charge is 0.335 e. The van der Waals surface area contributed by atoms with Crippen molar-refractivity contribution in [3.05, 3.63) is 28.2 Å². The molecule has 1 aromatic rings. The standard InChI is InChI=1S/C13H14BrNO4S/c1-3-5-10(4-2)15-20(18,19)12-8-9(13(16)17)6-7-11(12)14/h2,6-8,10,15H,3,5H2,1H3,(H,16,17). The Morgan fingerprint density at radius 1 is 1.55 bits per heavy atom. The first-order chi connectivity index (χ1) is 9.31. The fourth-order valence-electron chi connectivity index (χ4n) is 1.56. The minimum Gasteiger partial charge on any atom is -0.478 e. The Labute approximate surface area is 126 Å². The number of terminal acetylenes is 1. The van der Waals surface area contributed by atoms with Crippen LogP contribution in [0, 0.1) is 12.3 Å². The number of hydrogen-bond donors (Lipinski definition) is 2. The molecule has 0 saturated carbocycles. The van der Waals surface area contributed by atoms with Crippen LogP contribution >= 0.6 is 15.9 Å². The van der Waals surface area contributed by atoms with Gasteiger partial charge in [0.15, 0.2) is 0 Å². The summed E-state index contributed by atoms with van der Waals surface area (Å²) in [5.74, 6) is 1.17. The molecule has 0 heterocycles. The van der Waals surface area contributed by atoms with Crippen LogP contribution in [0.15, 0.2) is 27.6 Å². The van der Waals surface area contributed by atoms with Crippen LogP contribution in [0.5, 0.6) is 0 Å². The van der Waals surface area contributed by atoms with Gasteiger partial charge < -0.3 is 5.11 Å². The molecular weight excluding hydrogens is 346 g/mol. The Morgan fingerprint density at radius 2 is 2.20 bits per heavy atom. The van der Waals surface area contributed by atoms with E-state index in [1.165, 1.54) is 12.1 Å².